The molecule has 0 saturated heterocycles. The summed E-state index contributed by atoms with van der Waals surface area (Å²) in [7, 11) is 0. The molecule has 2 rings (SSSR count). The molecule has 0 bridgehead atoms. The minimum Gasteiger partial charge on any atom is -0.369 e. The fraction of sp³-hybridized carbons (Fsp3) is 0.250. The summed E-state index contributed by atoms with van der Waals surface area (Å²) in [6.45, 7) is 1.75. The van der Waals surface area contributed by atoms with Gasteiger partial charge in [0.05, 0.1) is 5.56 Å². The van der Waals surface area contributed by atoms with Gasteiger partial charge >= 0.3 is 0 Å². The lowest BCUT2D eigenvalue weighted by atomic mass is 10.1. The number of aryl methyl sites for hydroxylation is 1. The number of fused-ring (bicyclic) bond motifs is 1. The monoisotopic (exact) mass is 198 g/mol. The molecule has 2 heterocycles. The molecule has 1 amide bonds. The van der Waals surface area contributed by atoms with Gasteiger partial charge < -0.3 is 10.4 Å². The van der Waals surface area contributed by atoms with Crippen LogP contribution in [0.25, 0.3) is 0 Å². The zero-order valence-corrected chi connectivity index (χ0v) is 7.59. The molecule has 68 valence electrons. The summed E-state index contributed by atoms with van der Waals surface area (Å²) in [4.78, 5) is 15.1. The van der Waals surface area contributed by atoms with Crippen LogP contribution in [0, 0.1) is 6.92 Å². The molecule has 0 fully saturated rings. The topological polar surface area (TPSA) is 62.2 Å². The molecule has 1 unspecified atom stereocenters. The Morgan fingerprint density at radius 1 is 1.69 bits per heavy atom. The maximum absolute atomic E-state index is 11.2. The Morgan fingerprint density at radius 2 is 2.38 bits per heavy atom. The average molecular weight is 199 g/mol. The van der Waals surface area contributed by atoms with Crippen LogP contribution in [0.5, 0.6) is 0 Å². The lowest BCUT2D eigenvalue weighted by molar-refractivity contribution is 0.0850. The number of hydrogen-bond acceptors (Lipinski definition) is 3. The molecule has 1 aromatic rings. The summed E-state index contributed by atoms with van der Waals surface area (Å²) in [6, 6.07) is 1.64. The van der Waals surface area contributed by atoms with Crippen molar-refractivity contribution >= 4 is 17.5 Å². The molecule has 5 heteroatoms. The predicted molar refractivity (Wildman–Crippen MR) is 46.4 cm³/mol. The molecule has 1 atom stereocenters. The minimum absolute atomic E-state index is 0.143. The van der Waals surface area contributed by atoms with Crippen molar-refractivity contribution in [1.29, 1.82) is 0 Å². The second-order valence-electron chi connectivity index (χ2n) is 2.89. The molecule has 0 aromatic carbocycles. The standard InChI is InChI=1S/C8H7ClN2O2/c1-3-2-4-5(6(9)10-3)8(13)11-7(4)12/h2,7,12H,1H3,(H,11,13). The zero-order chi connectivity index (χ0) is 9.59. The molecular formula is C8H7ClN2O2. The van der Waals surface area contributed by atoms with Crippen LogP contribution in [-0.2, 0) is 0 Å². The zero-order valence-electron chi connectivity index (χ0n) is 6.84. The fourth-order valence-corrected chi connectivity index (χ4v) is 1.70. The highest BCUT2D eigenvalue weighted by atomic mass is 35.5. The van der Waals surface area contributed by atoms with Crippen molar-refractivity contribution in [2.24, 2.45) is 0 Å². The molecular weight excluding hydrogens is 192 g/mol. The number of carbonyl (C=O) groups is 1. The molecule has 2 N–H and O–H groups in total. The lowest BCUT2D eigenvalue weighted by Gasteiger charge is -2.03. The Hall–Kier alpha value is -1.13. The van der Waals surface area contributed by atoms with Gasteiger partial charge in [-0.05, 0) is 13.0 Å². The van der Waals surface area contributed by atoms with Gasteiger partial charge in [0, 0.05) is 11.3 Å². The Bertz CT molecular complexity index is 392. The number of pyridine rings is 1. The highest BCUT2D eigenvalue weighted by molar-refractivity contribution is 6.33. The third kappa shape index (κ3) is 1.18. The van der Waals surface area contributed by atoms with Crippen LogP contribution in [0.4, 0.5) is 0 Å². The van der Waals surface area contributed by atoms with E-state index in [4.69, 9.17) is 11.6 Å². The number of carbonyl (C=O) groups excluding carboxylic acids is 1. The number of halogens is 1. The van der Waals surface area contributed by atoms with E-state index < -0.39 is 6.23 Å². The highest BCUT2D eigenvalue weighted by Crippen LogP contribution is 2.28. The first-order valence-corrected chi connectivity index (χ1v) is 4.13. The van der Waals surface area contributed by atoms with Crippen LogP contribution in [-0.4, -0.2) is 16.0 Å². The van der Waals surface area contributed by atoms with Gasteiger partial charge in [-0.3, -0.25) is 4.79 Å². The number of aliphatic hydroxyl groups excluding tert-OH is 1. The maximum atomic E-state index is 11.2. The van der Waals surface area contributed by atoms with Gasteiger partial charge in [-0.25, -0.2) is 4.98 Å². The summed E-state index contributed by atoms with van der Waals surface area (Å²) >= 11 is 5.75. The first-order chi connectivity index (χ1) is 6.09. The van der Waals surface area contributed by atoms with Crippen LogP contribution in [0.2, 0.25) is 5.15 Å². The summed E-state index contributed by atoms with van der Waals surface area (Å²) in [5.41, 5.74) is 1.46. The van der Waals surface area contributed by atoms with Gasteiger partial charge in [0.25, 0.3) is 5.91 Å². The van der Waals surface area contributed by atoms with Crippen molar-refractivity contribution in [3.63, 3.8) is 0 Å². The second kappa shape index (κ2) is 2.68. The van der Waals surface area contributed by atoms with E-state index in [0.29, 0.717) is 11.3 Å². The number of aromatic nitrogens is 1. The fourth-order valence-electron chi connectivity index (χ4n) is 1.37. The van der Waals surface area contributed by atoms with Gasteiger partial charge in [-0.1, -0.05) is 11.6 Å². The first kappa shape index (κ1) is 8.47. The van der Waals surface area contributed by atoms with Crippen LogP contribution >= 0.6 is 11.6 Å². The van der Waals surface area contributed by atoms with Crippen LogP contribution < -0.4 is 5.32 Å². The van der Waals surface area contributed by atoms with E-state index in [2.05, 4.69) is 10.3 Å². The van der Waals surface area contributed by atoms with Crippen molar-refractivity contribution in [3.05, 3.63) is 28.0 Å². The summed E-state index contributed by atoms with van der Waals surface area (Å²) < 4.78 is 0. The van der Waals surface area contributed by atoms with Gasteiger partial charge in [0.15, 0.2) is 6.23 Å². The van der Waals surface area contributed by atoms with Crippen molar-refractivity contribution in [2.75, 3.05) is 0 Å². The summed E-state index contributed by atoms with van der Waals surface area (Å²) in [6.07, 6.45) is -0.957. The van der Waals surface area contributed by atoms with E-state index in [1.54, 1.807) is 13.0 Å². The second-order valence-corrected chi connectivity index (χ2v) is 3.25. The molecule has 13 heavy (non-hydrogen) atoms. The number of nitrogens with zero attached hydrogens (tertiary/aromatic N) is 1. The molecule has 0 spiro atoms. The SMILES string of the molecule is Cc1cc2c(c(Cl)n1)C(=O)NC2O. The third-order valence-electron chi connectivity index (χ3n) is 1.92. The first-order valence-electron chi connectivity index (χ1n) is 3.75. The summed E-state index contributed by atoms with van der Waals surface area (Å²) in [5.74, 6) is -0.375. The third-order valence-corrected chi connectivity index (χ3v) is 2.20. The van der Waals surface area contributed by atoms with Crippen molar-refractivity contribution in [2.45, 2.75) is 13.2 Å². The predicted octanol–water partition coefficient (Wildman–Crippen LogP) is 0.778. The van der Waals surface area contributed by atoms with E-state index in [0.717, 1.165) is 0 Å². The van der Waals surface area contributed by atoms with E-state index in [-0.39, 0.29) is 16.6 Å². The van der Waals surface area contributed by atoms with Crippen molar-refractivity contribution < 1.29 is 9.90 Å². The van der Waals surface area contributed by atoms with Gasteiger partial charge in [-0.15, -0.1) is 0 Å². The largest absolute Gasteiger partial charge is 0.369 e. The van der Waals surface area contributed by atoms with Crippen LogP contribution in [0.1, 0.15) is 27.8 Å². The number of rotatable bonds is 0. The lowest BCUT2D eigenvalue weighted by Crippen LogP contribution is -2.18. The quantitative estimate of drug-likeness (QED) is 0.606. The minimum atomic E-state index is -0.957. The van der Waals surface area contributed by atoms with Crippen molar-refractivity contribution in [1.82, 2.24) is 10.3 Å². The normalized spacial score (nSPS) is 19.9. The van der Waals surface area contributed by atoms with E-state index in [1.807, 2.05) is 0 Å². The Morgan fingerprint density at radius 3 is 3.08 bits per heavy atom. The number of aliphatic hydroxyl groups is 1. The smallest absolute Gasteiger partial charge is 0.257 e. The number of hydrogen-bond donors (Lipinski definition) is 2. The highest BCUT2D eigenvalue weighted by Gasteiger charge is 2.30. The Balaban J connectivity index is 2.69. The molecule has 1 aliphatic rings. The Labute approximate surface area is 79.5 Å². The van der Waals surface area contributed by atoms with Crippen molar-refractivity contribution in [3.8, 4) is 0 Å². The molecule has 4 nitrogen and oxygen atoms in total. The van der Waals surface area contributed by atoms with E-state index in [1.165, 1.54) is 0 Å². The molecule has 0 radical (unpaired) electrons. The van der Waals surface area contributed by atoms with Gasteiger partial charge in [0.2, 0.25) is 0 Å². The van der Waals surface area contributed by atoms with E-state index in [9.17, 15) is 9.90 Å². The molecule has 1 aromatic heterocycles. The summed E-state index contributed by atoms with van der Waals surface area (Å²) in [5, 5.41) is 11.9. The number of nitrogens with one attached hydrogen (secondary N) is 1. The molecule has 0 saturated carbocycles. The van der Waals surface area contributed by atoms with Crippen LogP contribution in [0.3, 0.4) is 0 Å². The maximum Gasteiger partial charge on any atom is 0.257 e. The average Bonchev–Trinajstić information content (AvgIpc) is 2.27. The van der Waals surface area contributed by atoms with Crippen LogP contribution in [0.15, 0.2) is 6.07 Å². The van der Waals surface area contributed by atoms with Gasteiger partial charge in [-0.2, -0.15) is 0 Å². The van der Waals surface area contributed by atoms with E-state index >= 15 is 0 Å². The van der Waals surface area contributed by atoms with Gasteiger partial charge in [0.1, 0.15) is 5.15 Å². The molecule has 0 aliphatic carbocycles. The Kier molecular flexibility index (Phi) is 1.75. The molecule has 1 aliphatic heterocycles. The number of amides is 1.